The molecule has 0 saturated heterocycles. The molecule has 1 atom stereocenters. The van der Waals surface area contributed by atoms with Crippen molar-refractivity contribution in [2.45, 2.75) is 84.5 Å². The third kappa shape index (κ3) is 7.30. The van der Waals surface area contributed by atoms with Crippen molar-refractivity contribution < 1.29 is 0 Å². The Hall–Kier alpha value is -1.43. The molecule has 0 aliphatic heterocycles. The molecule has 0 saturated carbocycles. The van der Waals surface area contributed by atoms with Crippen LogP contribution in [0.25, 0.3) is 0 Å². The Morgan fingerprint density at radius 2 is 0.886 bits per heavy atom. The van der Waals surface area contributed by atoms with Gasteiger partial charge in [0.05, 0.1) is 0 Å². The fraction of sp³-hybridized carbons (Fsp3) is 0.455. The molecule has 0 radical (unpaired) electrons. The zero-order valence-corrected chi connectivity index (χ0v) is 24.5. The van der Waals surface area contributed by atoms with Crippen molar-refractivity contribution in [2.75, 3.05) is 6.16 Å². The van der Waals surface area contributed by atoms with Crippen LogP contribution in [0.3, 0.4) is 0 Å². The fourth-order valence-electron chi connectivity index (χ4n) is 5.64. The molecule has 3 rings (SSSR count). The Balaban J connectivity index is 1.72. The molecule has 0 aliphatic carbocycles. The van der Waals surface area contributed by atoms with Crippen molar-refractivity contribution in [3.63, 3.8) is 0 Å². The molecule has 0 N–H and O–H groups in total. The van der Waals surface area contributed by atoms with Gasteiger partial charge in [0.25, 0.3) is 0 Å². The van der Waals surface area contributed by atoms with E-state index in [-0.39, 0.29) is 0 Å². The molecule has 0 nitrogen and oxygen atoms in total. The zero-order chi connectivity index (χ0) is 24.8. The van der Waals surface area contributed by atoms with Gasteiger partial charge in [0.2, 0.25) is 0 Å². The molecular formula is C33H46BrP. The van der Waals surface area contributed by atoms with Crippen LogP contribution in [0.5, 0.6) is 0 Å². The quantitative estimate of drug-likeness (QED) is 0.122. The predicted octanol–water partition coefficient (Wildman–Crippen LogP) is 9.77. The van der Waals surface area contributed by atoms with Gasteiger partial charge in [-0.05, 0) is 0 Å². The molecule has 0 bridgehead atoms. The molecule has 0 spiro atoms. The summed E-state index contributed by atoms with van der Waals surface area (Å²) < 4.78 is 0. The summed E-state index contributed by atoms with van der Waals surface area (Å²) >= 11 is 4.62. The van der Waals surface area contributed by atoms with E-state index < -0.39 is 5.31 Å². The minimum atomic E-state index is -2.79. The number of rotatable bonds is 16. The van der Waals surface area contributed by atoms with Crippen LogP contribution in [0.2, 0.25) is 0 Å². The van der Waals surface area contributed by atoms with E-state index in [1.807, 2.05) is 0 Å². The molecule has 0 amide bonds. The van der Waals surface area contributed by atoms with Crippen LogP contribution >= 0.6 is 20.8 Å². The average Bonchev–Trinajstić information content (AvgIpc) is 2.91. The summed E-state index contributed by atoms with van der Waals surface area (Å²) in [5, 5.41) is 1.52. The van der Waals surface area contributed by atoms with E-state index in [0.29, 0.717) is 5.92 Å². The van der Waals surface area contributed by atoms with Crippen LogP contribution in [-0.4, -0.2) is 6.16 Å². The monoisotopic (exact) mass is 552 g/mol. The summed E-state index contributed by atoms with van der Waals surface area (Å²) in [5.41, 5.74) is 0. The normalized spacial score (nSPS) is 13.7. The first-order chi connectivity index (χ1) is 17.1. The summed E-state index contributed by atoms with van der Waals surface area (Å²) in [6, 6.07) is 33.7. The Kier molecular flexibility index (Phi) is 11.5. The first-order valence-corrected chi connectivity index (χ1v) is 18.4. The first kappa shape index (κ1) is 28.1. The van der Waals surface area contributed by atoms with Gasteiger partial charge in [-0.1, -0.05) is 13.3 Å². The number of unbranched alkanes of at least 4 members (excludes halogenated alkanes) is 9. The number of halogens is 1. The molecule has 0 aliphatic rings. The van der Waals surface area contributed by atoms with Gasteiger partial charge in [0, 0.05) is 0 Å². The first-order valence-electron chi connectivity index (χ1n) is 14.0. The topological polar surface area (TPSA) is 0 Å². The molecule has 3 aromatic carbocycles. The number of benzene rings is 3. The summed E-state index contributed by atoms with van der Waals surface area (Å²) in [5.74, 6) is 0.640. The predicted molar refractivity (Wildman–Crippen MR) is 165 cm³/mol. The van der Waals surface area contributed by atoms with Crippen LogP contribution in [0, 0.1) is 5.92 Å². The van der Waals surface area contributed by atoms with Crippen molar-refractivity contribution in [2.24, 2.45) is 5.92 Å². The van der Waals surface area contributed by atoms with Gasteiger partial charge in [0.15, 0.2) is 0 Å². The Morgan fingerprint density at radius 3 is 1.26 bits per heavy atom. The molecule has 190 valence electrons. The Morgan fingerprint density at radius 1 is 0.543 bits per heavy atom. The van der Waals surface area contributed by atoms with Crippen LogP contribution in [0.1, 0.15) is 84.5 Å². The van der Waals surface area contributed by atoms with Gasteiger partial charge in [-0.2, -0.15) is 0 Å². The second-order valence-corrected chi connectivity index (χ2v) is 19.4. The summed E-state index contributed by atoms with van der Waals surface area (Å²) in [4.78, 5) is 0. The van der Waals surface area contributed by atoms with Gasteiger partial charge < -0.3 is 0 Å². The summed E-state index contributed by atoms with van der Waals surface area (Å²) in [6.45, 7) is 4.77. The van der Waals surface area contributed by atoms with Gasteiger partial charge in [-0.15, -0.1) is 0 Å². The van der Waals surface area contributed by atoms with Crippen molar-refractivity contribution in [3.8, 4) is 0 Å². The molecule has 3 aromatic rings. The average molecular weight is 554 g/mol. The van der Waals surface area contributed by atoms with Gasteiger partial charge in [-0.25, -0.2) is 0 Å². The van der Waals surface area contributed by atoms with Crippen LogP contribution < -0.4 is 15.9 Å². The van der Waals surface area contributed by atoms with E-state index in [0.717, 1.165) is 6.16 Å². The Bertz CT molecular complexity index is 855. The third-order valence-electron chi connectivity index (χ3n) is 7.59. The number of hydrogen-bond donors (Lipinski definition) is 0. The van der Waals surface area contributed by atoms with Crippen LogP contribution in [0.15, 0.2) is 91.0 Å². The zero-order valence-electron chi connectivity index (χ0n) is 22.0. The molecule has 0 heterocycles. The van der Waals surface area contributed by atoms with E-state index >= 15 is 0 Å². The van der Waals surface area contributed by atoms with E-state index in [9.17, 15) is 0 Å². The molecule has 2 heteroatoms. The van der Waals surface area contributed by atoms with Gasteiger partial charge >= 0.3 is 211 Å². The minimum absolute atomic E-state index is 0.640. The molecule has 0 unspecified atom stereocenters. The van der Waals surface area contributed by atoms with E-state index in [1.54, 1.807) is 0 Å². The van der Waals surface area contributed by atoms with Gasteiger partial charge in [0.1, 0.15) is 0 Å². The van der Waals surface area contributed by atoms with Gasteiger partial charge in [-0.3, -0.25) is 0 Å². The maximum absolute atomic E-state index is 4.62. The second-order valence-electron chi connectivity index (χ2n) is 10.4. The number of hydrogen-bond acceptors (Lipinski definition) is 0. The SMILES string of the molecule is CCCCCCCCCCCC[C@@H](C)CP(Br)(c1ccccc1)(c1ccccc1)c1ccccc1. The van der Waals surface area contributed by atoms with Crippen molar-refractivity contribution in [3.05, 3.63) is 91.0 Å². The maximum atomic E-state index is 4.62. The third-order valence-corrected chi connectivity index (χ3v) is 17.6. The van der Waals surface area contributed by atoms with E-state index in [4.69, 9.17) is 0 Å². The van der Waals surface area contributed by atoms with Crippen LogP contribution in [0.4, 0.5) is 0 Å². The van der Waals surface area contributed by atoms with Crippen molar-refractivity contribution in [1.29, 1.82) is 0 Å². The molecule has 0 fully saturated rings. The van der Waals surface area contributed by atoms with Crippen LogP contribution in [-0.2, 0) is 0 Å². The Labute approximate surface area is 223 Å². The summed E-state index contributed by atoms with van der Waals surface area (Å²) in [6.07, 6.45) is 16.4. The second kappa shape index (κ2) is 14.3. The van der Waals surface area contributed by atoms with Crippen molar-refractivity contribution in [1.82, 2.24) is 0 Å². The molecule has 35 heavy (non-hydrogen) atoms. The standard InChI is InChI=1S/C33H46BrP/c1-3-4-5-6-7-8-9-10-11-15-22-30(2)29-35(34,31-23-16-12-17-24-31,32-25-18-13-19-26-32)33-27-20-14-21-28-33/h12-14,16-21,23-28,30H,3-11,15,22,29H2,1-2H3/t30-/m1/s1. The summed E-state index contributed by atoms with van der Waals surface area (Å²) in [7, 11) is 0. The van der Waals surface area contributed by atoms with Crippen molar-refractivity contribution >= 4 is 36.7 Å². The van der Waals surface area contributed by atoms with E-state index in [2.05, 4.69) is 120 Å². The fourth-order valence-corrected chi connectivity index (χ4v) is 14.5. The molecule has 0 aromatic heterocycles. The molecular weight excluding hydrogens is 507 g/mol. The van der Waals surface area contributed by atoms with E-state index in [1.165, 1.54) is 86.5 Å².